The van der Waals surface area contributed by atoms with Crippen LogP contribution < -0.4 is 10.2 Å². The average molecular weight is 330 g/mol. The van der Waals surface area contributed by atoms with Crippen LogP contribution in [0.3, 0.4) is 0 Å². The number of rotatable bonds is 7. The Balaban J connectivity index is 1.32. The zero-order valence-electron chi connectivity index (χ0n) is 14.1. The van der Waals surface area contributed by atoms with Crippen LogP contribution >= 0.6 is 0 Å². The second-order valence-electron chi connectivity index (χ2n) is 6.55. The van der Waals surface area contributed by atoms with E-state index < -0.39 is 0 Å². The Hall–Kier alpha value is -1.88. The van der Waals surface area contributed by atoms with Crippen molar-refractivity contribution in [2.45, 2.75) is 51.0 Å². The highest BCUT2D eigenvalue weighted by Crippen LogP contribution is 2.27. The number of benzene rings is 1. The van der Waals surface area contributed by atoms with Crippen molar-refractivity contribution in [2.75, 3.05) is 24.6 Å². The highest BCUT2D eigenvalue weighted by molar-refractivity contribution is 5.95. The van der Waals surface area contributed by atoms with Crippen LogP contribution in [0.1, 0.15) is 44.1 Å². The number of amides is 2. The summed E-state index contributed by atoms with van der Waals surface area (Å²) in [7, 11) is 0. The van der Waals surface area contributed by atoms with Gasteiger partial charge in [0.1, 0.15) is 0 Å². The molecule has 0 bridgehead atoms. The molecule has 5 heteroatoms. The Morgan fingerprint density at radius 2 is 2.12 bits per heavy atom. The number of hydrogen-bond donors (Lipinski definition) is 1. The number of hydrogen-bond acceptors (Lipinski definition) is 3. The second kappa shape index (κ2) is 8.29. The van der Waals surface area contributed by atoms with E-state index in [9.17, 15) is 9.59 Å². The molecule has 0 radical (unpaired) electrons. The molecule has 0 aliphatic carbocycles. The lowest BCUT2D eigenvalue weighted by atomic mass is 10.1. The van der Waals surface area contributed by atoms with Gasteiger partial charge in [0.25, 0.3) is 0 Å². The first-order valence-electron chi connectivity index (χ1n) is 9.00. The summed E-state index contributed by atoms with van der Waals surface area (Å²) < 4.78 is 5.52. The first-order chi connectivity index (χ1) is 11.7. The molecule has 3 rings (SSSR count). The Kier molecular flexibility index (Phi) is 5.86. The lowest BCUT2D eigenvalue weighted by Gasteiger charge is -2.17. The van der Waals surface area contributed by atoms with Crippen LogP contribution in [-0.2, 0) is 20.7 Å². The third kappa shape index (κ3) is 4.35. The maximum absolute atomic E-state index is 12.3. The smallest absolute Gasteiger partial charge is 0.227 e. The summed E-state index contributed by atoms with van der Waals surface area (Å²) in [5, 5.41) is 2.91. The fourth-order valence-corrected chi connectivity index (χ4v) is 3.45. The molecule has 2 aliphatic heterocycles. The predicted molar refractivity (Wildman–Crippen MR) is 93.0 cm³/mol. The summed E-state index contributed by atoms with van der Waals surface area (Å²) in [4.78, 5) is 26.0. The first kappa shape index (κ1) is 17.0. The maximum Gasteiger partial charge on any atom is 0.227 e. The van der Waals surface area contributed by atoms with Gasteiger partial charge in [-0.2, -0.15) is 0 Å². The molecule has 0 aromatic heterocycles. The molecule has 2 heterocycles. The van der Waals surface area contributed by atoms with E-state index in [2.05, 4.69) is 11.4 Å². The quantitative estimate of drug-likeness (QED) is 0.781. The van der Waals surface area contributed by atoms with Gasteiger partial charge in [0.05, 0.1) is 6.10 Å². The van der Waals surface area contributed by atoms with Crippen molar-refractivity contribution in [3.05, 3.63) is 29.8 Å². The van der Waals surface area contributed by atoms with E-state index in [1.54, 1.807) is 0 Å². The molecule has 1 N–H and O–H groups in total. The molecule has 0 unspecified atom stereocenters. The minimum atomic E-state index is 0.0597. The Morgan fingerprint density at radius 3 is 2.96 bits per heavy atom. The molecule has 5 nitrogen and oxygen atoms in total. The molecule has 1 saturated heterocycles. The molecule has 2 aliphatic rings. The van der Waals surface area contributed by atoms with Crippen LogP contribution in [0.2, 0.25) is 0 Å². The number of fused-ring (bicyclic) bond motifs is 1. The van der Waals surface area contributed by atoms with Gasteiger partial charge < -0.3 is 15.0 Å². The van der Waals surface area contributed by atoms with E-state index in [0.29, 0.717) is 25.8 Å². The van der Waals surface area contributed by atoms with Crippen LogP contribution in [0.15, 0.2) is 24.3 Å². The largest absolute Gasteiger partial charge is 0.378 e. The molecule has 1 aromatic rings. The topological polar surface area (TPSA) is 58.6 Å². The summed E-state index contributed by atoms with van der Waals surface area (Å²) in [6.45, 7) is 2.16. The third-order valence-electron chi connectivity index (χ3n) is 4.80. The summed E-state index contributed by atoms with van der Waals surface area (Å²) in [6, 6.07) is 8.07. The predicted octanol–water partition coefficient (Wildman–Crippen LogP) is 2.43. The fourth-order valence-electron chi connectivity index (χ4n) is 3.45. The van der Waals surface area contributed by atoms with Gasteiger partial charge in [0.2, 0.25) is 11.8 Å². The standard InChI is InChI=1S/C19H26N2O3/c22-18(10-9-16-6-4-14-24-16)20-12-3-8-19(23)21-13-11-15-5-1-2-7-17(15)21/h1-2,5,7,16H,3-4,6,8-14H2,(H,20,22)/t16-/m0/s1. The maximum atomic E-state index is 12.3. The van der Waals surface area contributed by atoms with Gasteiger partial charge in [-0.25, -0.2) is 0 Å². The molecule has 1 aromatic carbocycles. The van der Waals surface area contributed by atoms with E-state index in [-0.39, 0.29) is 17.9 Å². The molecular weight excluding hydrogens is 304 g/mol. The number of carbonyl (C=O) groups is 2. The van der Waals surface area contributed by atoms with Crippen LogP contribution in [0.25, 0.3) is 0 Å². The van der Waals surface area contributed by atoms with Gasteiger partial charge >= 0.3 is 0 Å². The van der Waals surface area contributed by atoms with E-state index in [4.69, 9.17) is 4.74 Å². The third-order valence-corrected chi connectivity index (χ3v) is 4.80. The molecule has 24 heavy (non-hydrogen) atoms. The zero-order valence-corrected chi connectivity index (χ0v) is 14.1. The Morgan fingerprint density at radius 1 is 1.25 bits per heavy atom. The minimum absolute atomic E-state index is 0.0597. The van der Waals surface area contributed by atoms with Crippen molar-refractivity contribution in [3.63, 3.8) is 0 Å². The van der Waals surface area contributed by atoms with Crippen molar-refractivity contribution in [1.29, 1.82) is 0 Å². The highest BCUT2D eigenvalue weighted by Gasteiger charge is 2.23. The number of para-hydroxylation sites is 1. The summed E-state index contributed by atoms with van der Waals surface area (Å²) >= 11 is 0. The van der Waals surface area contributed by atoms with Crippen LogP contribution in [0, 0.1) is 0 Å². The lowest BCUT2D eigenvalue weighted by molar-refractivity contribution is -0.122. The van der Waals surface area contributed by atoms with Crippen molar-refractivity contribution in [3.8, 4) is 0 Å². The number of anilines is 1. The fraction of sp³-hybridized carbons (Fsp3) is 0.579. The SMILES string of the molecule is O=C(CC[C@@H]1CCCO1)NCCCC(=O)N1CCc2ccccc21. The zero-order chi connectivity index (χ0) is 16.8. The van der Waals surface area contributed by atoms with Crippen molar-refractivity contribution >= 4 is 17.5 Å². The second-order valence-corrected chi connectivity index (χ2v) is 6.55. The molecule has 130 valence electrons. The number of nitrogens with one attached hydrogen (secondary N) is 1. The highest BCUT2D eigenvalue weighted by atomic mass is 16.5. The number of carbonyl (C=O) groups excluding carboxylic acids is 2. The van der Waals surface area contributed by atoms with E-state index in [0.717, 1.165) is 44.5 Å². The Bertz CT molecular complexity index is 582. The van der Waals surface area contributed by atoms with Crippen molar-refractivity contribution < 1.29 is 14.3 Å². The first-order valence-corrected chi connectivity index (χ1v) is 9.00. The summed E-state index contributed by atoms with van der Waals surface area (Å²) in [6.07, 6.45) is 5.83. The van der Waals surface area contributed by atoms with Crippen molar-refractivity contribution in [2.24, 2.45) is 0 Å². The van der Waals surface area contributed by atoms with E-state index >= 15 is 0 Å². The normalized spacial score (nSPS) is 19.3. The van der Waals surface area contributed by atoms with Gasteiger partial charge in [0.15, 0.2) is 0 Å². The van der Waals surface area contributed by atoms with Crippen LogP contribution in [0.4, 0.5) is 5.69 Å². The molecule has 0 saturated carbocycles. The molecule has 2 amide bonds. The van der Waals surface area contributed by atoms with Gasteiger partial charge in [-0.15, -0.1) is 0 Å². The monoisotopic (exact) mass is 330 g/mol. The molecule has 1 atom stereocenters. The van der Waals surface area contributed by atoms with Gasteiger partial charge in [-0.3, -0.25) is 9.59 Å². The molecular formula is C19H26N2O3. The average Bonchev–Trinajstić information content (AvgIpc) is 3.26. The Labute approximate surface area is 143 Å². The van der Waals surface area contributed by atoms with E-state index in [1.807, 2.05) is 23.1 Å². The van der Waals surface area contributed by atoms with Crippen LogP contribution in [0.5, 0.6) is 0 Å². The minimum Gasteiger partial charge on any atom is -0.378 e. The number of nitrogens with zero attached hydrogens (tertiary/aromatic N) is 1. The van der Waals surface area contributed by atoms with Crippen LogP contribution in [-0.4, -0.2) is 37.6 Å². The molecule has 1 fully saturated rings. The van der Waals surface area contributed by atoms with Gasteiger partial charge in [-0.1, -0.05) is 18.2 Å². The van der Waals surface area contributed by atoms with Gasteiger partial charge in [0, 0.05) is 38.2 Å². The van der Waals surface area contributed by atoms with E-state index in [1.165, 1.54) is 5.56 Å². The van der Waals surface area contributed by atoms with Crippen molar-refractivity contribution in [1.82, 2.24) is 5.32 Å². The summed E-state index contributed by atoms with van der Waals surface area (Å²) in [5.74, 6) is 0.207. The summed E-state index contributed by atoms with van der Waals surface area (Å²) in [5.41, 5.74) is 2.29. The lowest BCUT2D eigenvalue weighted by Crippen LogP contribution is -2.30. The van der Waals surface area contributed by atoms with Gasteiger partial charge in [-0.05, 0) is 43.7 Å². The molecule has 0 spiro atoms. The number of ether oxygens (including phenoxy) is 1.